The van der Waals surface area contributed by atoms with Crippen LogP contribution < -0.4 is 0 Å². The van der Waals surface area contributed by atoms with Crippen molar-refractivity contribution in [3.63, 3.8) is 0 Å². The Morgan fingerprint density at radius 1 is 0.706 bits per heavy atom. The summed E-state index contributed by atoms with van der Waals surface area (Å²) in [6, 6.07) is 0. The SMILES string of the molecule is O=[C-]OC1C=CC=C1.O=[C-]OC1C=CC=C1.[Ni+2]. The summed E-state index contributed by atoms with van der Waals surface area (Å²) >= 11 is 0. The van der Waals surface area contributed by atoms with Crippen molar-refractivity contribution in [1.29, 1.82) is 0 Å². The van der Waals surface area contributed by atoms with Crippen LogP contribution in [-0.4, -0.2) is 25.2 Å². The normalized spacial score (nSPS) is 16.0. The molecule has 0 bridgehead atoms. The molecule has 0 aromatic carbocycles. The van der Waals surface area contributed by atoms with Crippen LogP contribution in [-0.2, 0) is 35.6 Å². The van der Waals surface area contributed by atoms with Gasteiger partial charge in [-0.2, -0.15) is 0 Å². The van der Waals surface area contributed by atoms with Gasteiger partial charge in [0.05, 0.1) is 12.2 Å². The molecule has 0 fully saturated rings. The summed E-state index contributed by atoms with van der Waals surface area (Å²) in [5.41, 5.74) is 0. The number of allylic oxidation sites excluding steroid dienone is 4. The Labute approximate surface area is 110 Å². The summed E-state index contributed by atoms with van der Waals surface area (Å²) in [5, 5.41) is 0. The molecule has 0 saturated carbocycles. The first-order valence-electron chi connectivity index (χ1n) is 4.62. The zero-order chi connectivity index (χ0) is 11.6. The number of rotatable bonds is 4. The third-order valence-corrected chi connectivity index (χ3v) is 1.79. The third-order valence-electron chi connectivity index (χ3n) is 1.79. The molecule has 0 unspecified atom stereocenters. The van der Waals surface area contributed by atoms with Crippen LogP contribution in [0.25, 0.3) is 0 Å². The molecule has 2 aliphatic carbocycles. The number of hydrogen-bond donors (Lipinski definition) is 0. The van der Waals surface area contributed by atoms with Crippen molar-refractivity contribution >= 4 is 12.9 Å². The van der Waals surface area contributed by atoms with Crippen molar-refractivity contribution in [2.24, 2.45) is 0 Å². The first-order chi connectivity index (χ1) is 7.86. The fourth-order valence-electron chi connectivity index (χ4n) is 1.09. The van der Waals surface area contributed by atoms with Crippen LogP contribution in [0.5, 0.6) is 0 Å². The Morgan fingerprint density at radius 3 is 1.24 bits per heavy atom. The van der Waals surface area contributed by atoms with Crippen LogP contribution in [0.15, 0.2) is 48.6 Å². The van der Waals surface area contributed by atoms with Crippen LogP contribution in [0, 0.1) is 0 Å². The number of carbonyl (C=O) groups excluding carboxylic acids is 2. The molecule has 0 aromatic heterocycles. The minimum Gasteiger partial charge on any atom is -0.645 e. The predicted molar refractivity (Wildman–Crippen MR) is 57.7 cm³/mol. The van der Waals surface area contributed by atoms with Gasteiger partial charge in [-0.05, 0) is 24.3 Å². The van der Waals surface area contributed by atoms with Gasteiger partial charge >= 0.3 is 16.5 Å². The van der Waals surface area contributed by atoms with Crippen molar-refractivity contribution in [2.45, 2.75) is 12.2 Å². The van der Waals surface area contributed by atoms with E-state index in [9.17, 15) is 9.59 Å². The molecule has 0 spiro atoms. The molecule has 0 radical (unpaired) electrons. The maximum Gasteiger partial charge on any atom is 2.00 e. The van der Waals surface area contributed by atoms with Crippen molar-refractivity contribution in [3.05, 3.63) is 48.6 Å². The Kier molecular flexibility index (Phi) is 8.70. The zero-order valence-electron chi connectivity index (χ0n) is 8.72. The van der Waals surface area contributed by atoms with Gasteiger partial charge in [0, 0.05) is 0 Å². The molecular formula is C12H10NiO4. The summed E-state index contributed by atoms with van der Waals surface area (Å²) < 4.78 is 8.85. The Balaban J connectivity index is 0.000000284. The zero-order valence-corrected chi connectivity index (χ0v) is 9.71. The molecule has 2 aliphatic rings. The molecule has 0 heterocycles. The molecular weight excluding hydrogens is 267 g/mol. The Hall–Kier alpha value is -1.61. The van der Waals surface area contributed by atoms with Crippen molar-refractivity contribution < 1.29 is 35.6 Å². The van der Waals surface area contributed by atoms with E-state index in [0.717, 1.165) is 0 Å². The fourth-order valence-corrected chi connectivity index (χ4v) is 1.09. The van der Waals surface area contributed by atoms with Gasteiger partial charge in [0.1, 0.15) is 0 Å². The Bertz CT molecular complexity index is 286. The smallest absolute Gasteiger partial charge is 0.645 e. The average molecular weight is 277 g/mol. The summed E-state index contributed by atoms with van der Waals surface area (Å²) in [6.07, 6.45) is 14.0. The van der Waals surface area contributed by atoms with Gasteiger partial charge in [0.15, 0.2) is 0 Å². The first-order valence-corrected chi connectivity index (χ1v) is 4.62. The van der Waals surface area contributed by atoms with Crippen molar-refractivity contribution in [3.8, 4) is 0 Å². The molecule has 92 valence electrons. The molecule has 0 amide bonds. The van der Waals surface area contributed by atoms with E-state index >= 15 is 0 Å². The van der Waals surface area contributed by atoms with Gasteiger partial charge in [-0.1, -0.05) is 37.2 Å². The second-order valence-electron chi connectivity index (χ2n) is 2.87. The van der Waals surface area contributed by atoms with E-state index < -0.39 is 0 Å². The van der Waals surface area contributed by atoms with E-state index in [-0.39, 0.29) is 28.7 Å². The minimum atomic E-state index is -0.174. The monoisotopic (exact) mass is 276 g/mol. The molecule has 0 aliphatic heterocycles. The predicted octanol–water partition coefficient (Wildman–Crippen LogP) is 1.13. The molecule has 0 atom stereocenters. The van der Waals surface area contributed by atoms with Gasteiger partial charge in [-0.15, -0.1) is 0 Å². The van der Waals surface area contributed by atoms with E-state index in [1.807, 2.05) is 24.3 Å². The van der Waals surface area contributed by atoms with Gasteiger partial charge in [-0.3, -0.25) is 0 Å². The van der Waals surface area contributed by atoms with E-state index in [2.05, 4.69) is 9.47 Å². The first kappa shape index (κ1) is 15.4. The molecule has 4 nitrogen and oxygen atoms in total. The van der Waals surface area contributed by atoms with E-state index in [1.54, 1.807) is 24.3 Å². The van der Waals surface area contributed by atoms with Gasteiger partial charge in [0.25, 0.3) is 0 Å². The number of ether oxygens (including phenoxy) is 2. The minimum absolute atomic E-state index is 0. The fraction of sp³-hybridized carbons (Fsp3) is 0.167. The molecule has 0 N–H and O–H groups in total. The maximum absolute atomic E-state index is 9.55. The second kappa shape index (κ2) is 9.61. The van der Waals surface area contributed by atoms with Crippen LogP contribution in [0.1, 0.15) is 0 Å². The van der Waals surface area contributed by atoms with Crippen molar-refractivity contribution in [2.75, 3.05) is 0 Å². The molecule has 0 saturated heterocycles. The van der Waals surface area contributed by atoms with Crippen LogP contribution in [0.4, 0.5) is 0 Å². The summed E-state index contributed by atoms with van der Waals surface area (Å²) in [5.74, 6) is 0. The molecule has 0 aromatic rings. The summed E-state index contributed by atoms with van der Waals surface area (Å²) in [6.45, 7) is 2.71. The average Bonchev–Trinajstić information content (AvgIpc) is 2.92. The van der Waals surface area contributed by atoms with Gasteiger partial charge in [0.2, 0.25) is 0 Å². The largest absolute Gasteiger partial charge is 2.00 e. The van der Waals surface area contributed by atoms with Gasteiger partial charge in [-0.25, -0.2) is 0 Å². The van der Waals surface area contributed by atoms with Crippen LogP contribution in [0.2, 0.25) is 0 Å². The van der Waals surface area contributed by atoms with Crippen LogP contribution in [0.3, 0.4) is 0 Å². The topological polar surface area (TPSA) is 52.6 Å². The maximum atomic E-state index is 9.55. The van der Waals surface area contributed by atoms with Crippen molar-refractivity contribution in [1.82, 2.24) is 0 Å². The Morgan fingerprint density at radius 2 is 1.00 bits per heavy atom. The standard InChI is InChI=1S/2C6H5O2.Ni/c2*7-5-8-6-3-1-2-4-6;/h2*1-4,6H;/q2*-1;+2. The molecule has 5 heteroatoms. The second-order valence-corrected chi connectivity index (χ2v) is 2.87. The molecule has 17 heavy (non-hydrogen) atoms. The number of hydrogen-bond acceptors (Lipinski definition) is 4. The molecule has 2 rings (SSSR count). The third kappa shape index (κ3) is 6.53. The van der Waals surface area contributed by atoms with Crippen LogP contribution >= 0.6 is 0 Å². The summed E-state index contributed by atoms with van der Waals surface area (Å²) in [4.78, 5) is 19.1. The van der Waals surface area contributed by atoms with Gasteiger partial charge < -0.3 is 19.1 Å². The van der Waals surface area contributed by atoms with E-state index in [0.29, 0.717) is 0 Å². The quantitative estimate of drug-likeness (QED) is 0.571. The van der Waals surface area contributed by atoms with E-state index in [4.69, 9.17) is 0 Å². The van der Waals surface area contributed by atoms with E-state index in [1.165, 1.54) is 12.9 Å². The summed E-state index contributed by atoms with van der Waals surface area (Å²) in [7, 11) is 0.